The lowest BCUT2D eigenvalue weighted by atomic mass is 10.0. The van der Waals surface area contributed by atoms with Crippen LogP contribution in [-0.4, -0.2) is 56.7 Å². The fourth-order valence-corrected chi connectivity index (χ4v) is 4.91. The summed E-state index contributed by atoms with van der Waals surface area (Å²) in [6.45, 7) is 0.408. The molecule has 0 bridgehead atoms. The number of benzene rings is 2. The molecular formula is C24H29N5O6S. The summed E-state index contributed by atoms with van der Waals surface area (Å²) >= 11 is 1.16. The summed E-state index contributed by atoms with van der Waals surface area (Å²) in [6, 6.07) is 11.5. The maximum absolute atomic E-state index is 12.6. The van der Waals surface area contributed by atoms with Gasteiger partial charge in [0.05, 0.1) is 14.8 Å². The predicted octanol–water partition coefficient (Wildman–Crippen LogP) is 2.16. The molecule has 2 aromatic carbocycles. The highest BCUT2D eigenvalue weighted by Gasteiger charge is 2.29. The zero-order chi connectivity index (χ0) is 26.2. The molecule has 0 aliphatic rings. The number of rotatable bonds is 13. The summed E-state index contributed by atoms with van der Waals surface area (Å²) in [5.74, 6) is -2.09. The smallest absolute Gasteiger partial charge is 0.326 e. The number of amides is 1. The van der Waals surface area contributed by atoms with Crippen LogP contribution in [0.2, 0.25) is 0 Å². The molecule has 0 radical (unpaired) electrons. The number of carboxylic acids is 1. The van der Waals surface area contributed by atoms with E-state index in [2.05, 4.69) is 10.3 Å². The Kier molecular flexibility index (Phi) is 9.42. The molecule has 3 aromatic rings. The van der Waals surface area contributed by atoms with Crippen molar-refractivity contribution in [2.24, 2.45) is 11.5 Å². The van der Waals surface area contributed by atoms with Gasteiger partial charge in [-0.1, -0.05) is 42.1 Å². The van der Waals surface area contributed by atoms with E-state index in [-0.39, 0.29) is 18.5 Å². The van der Waals surface area contributed by atoms with Gasteiger partial charge in [0.15, 0.2) is 0 Å². The lowest BCUT2D eigenvalue weighted by molar-refractivity contribution is -0.387. The number of hydrogen-bond acceptors (Lipinski definition) is 8. The molecule has 12 heteroatoms. The fourth-order valence-electron chi connectivity index (χ4n) is 3.82. The number of nitro groups is 1. The van der Waals surface area contributed by atoms with E-state index in [1.54, 1.807) is 18.2 Å². The highest BCUT2D eigenvalue weighted by Crippen LogP contribution is 2.39. The molecule has 0 fully saturated rings. The van der Waals surface area contributed by atoms with Crippen LogP contribution in [0.15, 0.2) is 58.5 Å². The van der Waals surface area contributed by atoms with E-state index >= 15 is 0 Å². The SMILES string of the molecule is NCCCC[C@H](NC(=O)[C@@H](O)[C@@H](N)Cc1c(Sc2ccccc2[N+](=O)[O-])[nH]c2ccccc12)C(=O)O. The Morgan fingerprint density at radius 1 is 1.14 bits per heavy atom. The Labute approximate surface area is 211 Å². The molecule has 0 aliphatic carbocycles. The summed E-state index contributed by atoms with van der Waals surface area (Å²) < 4.78 is 0. The number of hydrogen-bond donors (Lipinski definition) is 6. The van der Waals surface area contributed by atoms with Gasteiger partial charge in [-0.05, 0) is 49.9 Å². The van der Waals surface area contributed by atoms with Gasteiger partial charge in [-0.2, -0.15) is 0 Å². The van der Waals surface area contributed by atoms with Gasteiger partial charge >= 0.3 is 5.97 Å². The predicted molar refractivity (Wildman–Crippen MR) is 136 cm³/mol. The second-order valence-corrected chi connectivity index (χ2v) is 9.35. The number of carboxylic acid groups (broad SMARTS) is 1. The molecule has 192 valence electrons. The Morgan fingerprint density at radius 3 is 2.53 bits per heavy atom. The number of fused-ring (bicyclic) bond motifs is 1. The Bertz CT molecular complexity index is 1230. The molecule has 0 unspecified atom stereocenters. The van der Waals surface area contributed by atoms with E-state index < -0.39 is 35.0 Å². The Hall–Kier alpha value is -3.45. The van der Waals surface area contributed by atoms with Gasteiger partial charge in [-0.15, -0.1) is 0 Å². The number of para-hydroxylation sites is 2. The number of nitrogens with zero attached hydrogens (tertiary/aromatic N) is 1. The molecule has 1 amide bonds. The number of carbonyl (C=O) groups is 2. The van der Waals surface area contributed by atoms with Crippen molar-refractivity contribution in [3.05, 3.63) is 64.2 Å². The number of aromatic amines is 1. The normalized spacial score (nSPS) is 13.8. The third-order valence-electron chi connectivity index (χ3n) is 5.72. The number of H-pyrrole nitrogens is 1. The van der Waals surface area contributed by atoms with Crippen LogP contribution >= 0.6 is 11.8 Å². The third-order valence-corrected chi connectivity index (χ3v) is 6.84. The van der Waals surface area contributed by atoms with Crippen molar-refractivity contribution in [3.63, 3.8) is 0 Å². The maximum atomic E-state index is 12.6. The zero-order valence-electron chi connectivity index (χ0n) is 19.4. The van der Waals surface area contributed by atoms with Crippen molar-refractivity contribution in [3.8, 4) is 0 Å². The van der Waals surface area contributed by atoms with Crippen molar-refractivity contribution in [1.82, 2.24) is 10.3 Å². The summed E-state index contributed by atoms with van der Waals surface area (Å²) in [7, 11) is 0. The van der Waals surface area contributed by atoms with Gasteiger partial charge in [0.2, 0.25) is 0 Å². The van der Waals surface area contributed by atoms with Gasteiger partial charge in [0.25, 0.3) is 11.6 Å². The summed E-state index contributed by atoms with van der Waals surface area (Å²) in [6.07, 6.45) is -0.301. The van der Waals surface area contributed by atoms with Crippen LogP contribution < -0.4 is 16.8 Å². The topological polar surface area (TPSA) is 198 Å². The van der Waals surface area contributed by atoms with Crippen LogP contribution in [0.3, 0.4) is 0 Å². The Balaban J connectivity index is 1.82. The quantitative estimate of drug-likeness (QED) is 0.112. The first kappa shape index (κ1) is 27.1. The number of aliphatic carboxylic acids is 1. The first-order valence-electron chi connectivity index (χ1n) is 11.4. The molecule has 0 saturated carbocycles. The Morgan fingerprint density at radius 2 is 1.83 bits per heavy atom. The second-order valence-electron chi connectivity index (χ2n) is 8.30. The number of aliphatic hydroxyl groups excluding tert-OH is 1. The van der Waals surface area contributed by atoms with Crippen molar-refractivity contribution >= 4 is 40.2 Å². The zero-order valence-corrected chi connectivity index (χ0v) is 20.2. The number of unbranched alkanes of at least 4 members (excludes halogenated alkanes) is 1. The summed E-state index contributed by atoms with van der Waals surface area (Å²) in [5, 5.41) is 35.2. The van der Waals surface area contributed by atoms with Crippen molar-refractivity contribution < 1.29 is 24.7 Å². The van der Waals surface area contributed by atoms with Crippen LogP contribution in [-0.2, 0) is 16.0 Å². The number of nitrogens with two attached hydrogens (primary N) is 2. The van der Waals surface area contributed by atoms with Crippen LogP contribution in [0.5, 0.6) is 0 Å². The highest BCUT2D eigenvalue weighted by molar-refractivity contribution is 7.99. The minimum Gasteiger partial charge on any atom is -0.480 e. The number of carbonyl (C=O) groups excluding carboxylic acids is 1. The van der Waals surface area contributed by atoms with Gasteiger partial charge in [0, 0.05) is 23.0 Å². The molecule has 1 heterocycles. The van der Waals surface area contributed by atoms with Crippen LogP contribution in [0.25, 0.3) is 10.9 Å². The third kappa shape index (κ3) is 6.61. The molecule has 0 aliphatic heterocycles. The van der Waals surface area contributed by atoms with Crippen molar-refractivity contribution in [2.75, 3.05) is 6.54 Å². The van der Waals surface area contributed by atoms with Gasteiger partial charge in [-0.25, -0.2) is 4.79 Å². The molecule has 11 nitrogen and oxygen atoms in total. The van der Waals surface area contributed by atoms with E-state index in [9.17, 15) is 29.9 Å². The van der Waals surface area contributed by atoms with Crippen LogP contribution in [0, 0.1) is 10.1 Å². The lowest BCUT2D eigenvalue weighted by Gasteiger charge is -2.21. The molecule has 36 heavy (non-hydrogen) atoms. The molecule has 0 spiro atoms. The fraction of sp³-hybridized carbons (Fsp3) is 0.333. The maximum Gasteiger partial charge on any atom is 0.326 e. The first-order chi connectivity index (χ1) is 17.2. The minimum atomic E-state index is -1.67. The van der Waals surface area contributed by atoms with E-state index in [1.807, 2.05) is 24.3 Å². The second kappa shape index (κ2) is 12.5. The van der Waals surface area contributed by atoms with Crippen molar-refractivity contribution in [1.29, 1.82) is 0 Å². The number of nitrogens with one attached hydrogen (secondary N) is 2. The summed E-state index contributed by atoms with van der Waals surface area (Å²) in [5.41, 5.74) is 13.1. The van der Waals surface area contributed by atoms with Gasteiger partial charge in [-0.3, -0.25) is 14.9 Å². The van der Waals surface area contributed by atoms with Crippen LogP contribution in [0.4, 0.5) is 5.69 Å². The monoisotopic (exact) mass is 515 g/mol. The molecule has 3 rings (SSSR count). The summed E-state index contributed by atoms with van der Waals surface area (Å²) in [4.78, 5) is 38.8. The minimum absolute atomic E-state index is 0.0508. The van der Waals surface area contributed by atoms with E-state index in [0.717, 1.165) is 22.7 Å². The largest absolute Gasteiger partial charge is 0.480 e. The molecule has 8 N–H and O–H groups in total. The number of aromatic nitrogens is 1. The highest BCUT2D eigenvalue weighted by atomic mass is 32.2. The van der Waals surface area contributed by atoms with Crippen LogP contribution in [0.1, 0.15) is 24.8 Å². The molecular weight excluding hydrogens is 486 g/mol. The molecule has 0 saturated heterocycles. The van der Waals surface area contributed by atoms with E-state index in [0.29, 0.717) is 34.9 Å². The van der Waals surface area contributed by atoms with Gasteiger partial charge in [0.1, 0.15) is 12.1 Å². The molecule has 3 atom stereocenters. The lowest BCUT2D eigenvalue weighted by Crippen LogP contribution is -2.52. The van der Waals surface area contributed by atoms with Gasteiger partial charge < -0.3 is 32.0 Å². The average Bonchev–Trinajstić information content (AvgIpc) is 3.19. The molecule has 1 aromatic heterocycles. The van der Waals surface area contributed by atoms with Crippen molar-refractivity contribution in [2.45, 2.75) is 53.8 Å². The first-order valence-corrected chi connectivity index (χ1v) is 12.2. The number of aliphatic hydroxyl groups is 1. The van der Waals surface area contributed by atoms with E-state index in [1.165, 1.54) is 6.07 Å². The standard InChI is InChI=1S/C24H29N5O6S/c25-12-6-5-9-18(24(32)33)27-22(31)21(30)16(26)13-15-14-7-1-2-8-17(14)28-23(15)36-20-11-4-3-10-19(20)29(34)35/h1-4,7-8,10-11,16,18,21,28,30H,5-6,9,12-13,25-26H2,(H,27,31)(H,32,33)/t16-,18-,21-/m0/s1. The number of nitro benzene ring substituents is 1. The average molecular weight is 516 g/mol. The van der Waals surface area contributed by atoms with E-state index in [4.69, 9.17) is 11.5 Å².